The molecule has 0 aliphatic heterocycles. The number of hydrogen-bond acceptors (Lipinski definition) is 4. The van der Waals surface area contributed by atoms with E-state index in [4.69, 9.17) is 11.6 Å². The van der Waals surface area contributed by atoms with E-state index in [1.807, 2.05) is 25.1 Å². The molecular weight excluding hydrogens is 290 g/mol. The van der Waals surface area contributed by atoms with E-state index in [9.17, 15) is 0 Å². The lowest BCUT2D eigenvalue weighted by molar-refractivity contribution is 0.637. The van der Waals surface area contributed by atoms with Crippen LogP contribution in [0.15, 0.2) is 18.2 Å². The number of hydrogen-bond donors (Lipinski definition) is 1. The van der Waals surface area contributed by atoms with Crippen LogP contribution in [0.2, 0.25) is 5.02 Å². The molecule has 2 rings (SSSR count). The standard InChI is InChI=1S/C15H20ClN3S/c1-3-9-17-10-5-8-13-18-19-15(20-13)12-7-4-6-11(2)14(12)16/h4,6-7,17H,3,5,8-10H2,1-2H3. The summed E-state index contributed by atoms with van der Waals surface area (Å²) in [5.74, 6) is 0. The van der Waals surface area contributed by atoms with Gasteiger partial charge in [0.15, 0.2) is 0 Å². The summed E-state index contributed by atoms with van der Waals surface area (Å²) < 4.78 is 0. The fourth-order valence-electron chi connectivity index (χ4n) is 1.94. The van der Waals surface area contributed by atoms with Gasteiger partial charge in [0.25, 0.3) is 0 Å². The molecule has 0 aliphatic carbocycles. The molecule has 0 saturated carbocycles. The number of aromatic nitrogens is 2. The fraction of sp³-hybridized carbons (Fsp3) is 0.467. The molecule has 3 nitrogen and oxygen atoms in total. The Kier molecular flexibility index (Phi) is 5.95. The number of halogens is 1. The van der Waals surface area contributed by atoms with Crippen molar-refractivity contribution < 1.29 is 0 Å². The summed E-state index contributed by atoms with van der Waals surface area (Å²) in [4.78, 5) is 0. The van der Waals surface area contributed by atoms with Gasteiger partial charge in [-0.3, -0.25) is 0 Å². The summed E-state index contributed by atoms with van der Waals surface area (Å²) in [5, 5.41) is 14.7. The van der Waals surface area contributed by atoms with Crippen molar-refractivity contribution >= 4 is 22.9 Å². The molecule has 0 atom stereocenters. The van der Waals surface area contributed by atoms with Crippen LogP contribution in [0.4, 0.5) is 0 Å². The lowest BCUT2D eigenvalue weighted by Gasteiger charge is -2.02. The number of rotatable bonds is 7. The van der Waals surface area contributed by atoms with Crippen LogP contribution in [0.3, 0.4) is 0 Å². The molecule has 2 aromatic rings. The topological polar surface area (TPSA) is 37.8 Å². The van der Waals surface area contributed by atoms with Crippen LogP contribution >= 0.6 is 22.9 Å². The normalized spacial score (nSPS) is 10.9. The summed E-state index contributed by atoms with van der Waals surface area (Å²) in [6.45, 7) is 6.30. The van der Waals surface area contributed by atoms with Crippen molar-refractivity contribution in [2.45, 2.75) is 33.1 Å². The highest BCUT2D eigenvalue weighted by molar-refractivity contribution is 7.14. The molecule has 1 aromatic heterocycles. The first-order chi connectivity index (χ1) is 9.72. The minimum atomic E-state index is 0.778. The summed E-state index contributed by atoms with van der Waals surface area (Å²) in [7, 11) is 0. The van der Waals surface area contributed by atoms with Gasteiger partial charge in [-0.25, -0.2) is 0 Å². The average molecular weight is 310 g/mol. The van der Waals surface area contributed by atoms with E-state index in [1.54, 1.807) is 11.3 Å². The van der Waals surface area contributed by atoms with Crippen molar-refractivity contribution in [3.8, 4) is 10.6 Å². The zero-order valence-corrected chi connectivity index (χ0v) is 13.5. The Bertz CT molecular complexity index is 554. The molecule has 0 bridgehead atoms. The molecule has 0 unspecified atom stereocenters. The third-order valence-electron chi connectivity index (χ3n) is 3.06. The Labute approximate surface area is 129 Å². The van der Waals surface area contributed by atoms with E-state index in [0.29, 0.717) is 0 Å². The summed E-state index contributed by atoms with van der Waals surface area (Å²) >= 11 is 7.97. The van der Waals surface area contributed by atoms with Crippen molar-refractivity contribution in [2.75, 3.05) is 13.1 Å². The van der Waals surface area contributed by atoms with Crippen molar-refractivity contribution in [1.29, 1.82) is 0 Å². The molecule has 1 N–H and O–H groups in total. The van der Waals surface area contributed by atoms with Crippen molar-refractivity contribution in [2.24, 2.45) is 0 Å². The van der Waals surface area contributed by atoms with Gasteiger partial charge in [-0.05, 0) is 38.4 Å². The maximum Gasteiger partial charge on any atom is 0.149 e. The van der Waals surface area contributed by atoms with Crippen molar-refractivity contribution in [3.05, 3.63) is 33.8 Å². The third kappa shape index (κ3) is 4.01. The van der Waals surface area contributed by atoms with Crippen molar-refractivity contribution in [1.82, 2.24) is 15.5 Å². The first-order valence-corrected chi connectivity index (χ1v) is 8.20. The van der Waals surface area contributed by atoms with Crippen molar-refractivity contribution in [3.63, 3.8) is 0 Å². The molecule has 0 saturated heterocycles. The predicted octanol–water partition coefficient (Wildman–Crippen LogP) is 4.10. The average Bonchev–Trinajstić information content (AvgIpc) is 2.90. The minimum absolute atomic E-state index is 0.778. The predicted molar refractivity (Wildman–Crippen MR) is 86.6 cm³/mol. The zero-order valence-electron chi connectivity index (χ0n) is 11.9. The smallest absolute Gasteiger partial charge is 0.149 e. The van der Waals surface area contributed by atoms with Crippen LogP contribution in [-0.4, -0.2) is 23.3 Å². The molecule has 0 aliphatic rings. The lowest BCUT2D eigenvalue weighted by atomic mass is 10.1. The Morgan fingerprint density at radius 3 is 2.90 bits per heavy atom. The second-order valence-electron chi connectivity index (χ2n) is 4.79. The first-order valence-electron chi connectivity index (χ1n) is 7.01. The quantitative estimate of drug-likeness (QED) is 0.783. The van der Waals surface area contributed by atoms with Gasteiger partial charge in [0.2, 0.25) is 0 Å². The molecule has 1 aromatic carbocycles. The largest absolute Gasteiger partial charge is 0.317 e. The molecule has 0 fully saturated rings. The fourth-order valence-corrected chi connectivity index (χ4v) is 3.13. The van der Waals surface area contributed by atoms with Crippen LogP contribution in [-0.2, 0) is 6.42 Å². The molecule has 0 amide bonds. The SMILES string of the molecule is CCCNCCCc1nnc(-c2cccc(C)c2Cl)s1. The maximum atomic E-state index is 6.33. The summed E-state index contributed by atoms with van der Waals surface area (Å²) in [6, 6.07) is 6.02. The lowest BCUT2D eigenvalue weighted by Crippen LogP contribution is -2.16. The second-order valence-corrected chi connectivity index (χ2v) is 6.23. The van der Waals surface area contributed by atoms with Gasteiger partial charge in [0.1, 0.15) is 10.0 Å². The van der Waals surface area contributed by atoms with Crippen LogP contribution in [0, 0.1) is 6.92 Å². The molecule has 1 heterocycles. The van der Waals surface area contributed by atoms with Gasteiger partial charge < -0.3 is 5.32 Å². The van der Waals surface area contributed by atoms with E-state index < -0.39 is 0 Å². The maximum absolute atomic E-state index is 6.33. The zero-order chi connectivity index (χ0) is 14.4. The minimum Gasteiger partial charge on any atom is -0.317 e. The summed E-state index contributed by atoms with van der Waals surface area (Å²) in [6.07, 6.45) is 3.24. The molecule has 0 spiro atoms. The van der Waals surface area contributed by atoms with Gasteiger partial charge in [-0.2, -0.15) is 0 Å². The van der Waals surface area contributed by atoms with Crippen LogP contribution < -0.4 is 5.32 Å². The Hall–Kier alpha value is -0.970. The van der Waals surface area contributed by atoms with E-state index in [-0.39, 0.29) is 0 Å². The molecular formula is C15H20ClN3S. The Balaban J connectivity index is 1.97. The van der Waals surface area contributed by atoms with Gasteiger partial charge in [0, 0.05) is 12.0 Å². The molecule has 5 heteroatoms. The van der Waals surface area contributed by atoms with Gasteiger partial charge >= 0.3 is 0 Å². The van der Waals surface area contributed by atoms with E-state index in [2.05, 4.69) is 22.4 Å². The van der Waals surface area contributed by atoms with Gasteiger partial charge in [-0.15, -0.1) is 10.2 Å². The van der Waals surface area contributed by atoms with Crippen LogP contribution in [0.1, 0.15) is 30.3 Å². The third-order valence-corrected chi connectivity index (χ3v) is 4.58. The second kappa shape index (κ2) is 7.72. The van der Waals surface area contributed by atoms with E-state index in [0.717, 1.165) is 52.1 Å². The highest BCUT2D eigenvalue weighted by atomic mass is 35.5. The monoisotopic (exact) mass is 309 g/mol. The van der Waals surface area contributed by atoms with Crippen LogP contribution in [0.25, 0.3) is 10.6 Å². The Morgan fingerprint density at radius 2 is 2.10 bits per heavy atom. The number of nitrogens with one attached hydrogen (secondary N) is 1. The number of benzene rings is 1. The van der Waals surface area contributed by atoms with E-state index in [1.165, 1.54) is 6.42 Å². The first kappa shape index (κ1) is 15.4. The molecule has 20 heavy (non-hydrogen) atoms. The van der Waals surface area contributed by atoms with Crippen LogP contribution in [0.5, 0.6) is 0 Å². The highest BCUT2D eigenvalue weighted by Crippen LogP contribution is 2.32. The Morgan fingerprint density at radius 1 is 1.25 bits per heavy atom. The van der Waals surface area contributed by atoms with Gasteiger partial charge in [-0.1, -0.05) is 48.1 Å². The highest BCUT2D eigenvalue weighted by Gasteiger charge is 2.11. The summed E-state index contributed by atoms with van der Waals surface area (Å²) in [5.41, 5.74) is 2.06. The number of aryl methyl sites for hydroxylation is 2. The van der Waals surface area contributed by atoms with E-state index >= 15 is 0 Å². The van der Waals surface area contributed by atoms with Gasteiger partial charge in [0.05, 0.1) is 5.02 Å². The molecule has 0 radical (unpaired) electrons. The molecule has 108 valence electrons. The number of nitrogens with zero attached hydrogens (tertiary/aromatic N) is 2.